The Morgan fingerprint density at radius 2 is 1.95 bits per heavy atom. The van der Waals surface area contributed by atoms with Crippen molar-refractivity contribution in [3.63, 3.8) is 0 Å². The van der Waals surface area contributed by atoms with Crippen LogP contribution < -0.4 is 5.32 Å². The Balaban J connectivity index is 2.24. The van der Waals surface area contributed by atoms with Crippen LogP contribution in [0.5, 0.6) is 0 Å². The highest BCUT2D eigenvalue weighted by atomic mass is 19.1. The molecule has 1 fully saturated rings. The quantitative estimate of drug-likeness (QED) is 0.832. The zero-order chi connectivity index (χ0) is 14.6. The Labute approximate surface area is 118 Å². The second-order valence-corrected chi connectivity index (χ2v) is 5.15. The molecule has 1 aliphatic carbocycles. The molecule has 1 unspecified atom stereocenters. The van der Waals surface area contributed by atoms with Gasteiger partial charge in [-0.1, -0.05) is 30.9 Å². The van der Waals surface area contributed by atoms with E-state index in [2.05, 4.69) is 17.2 Å². The van der Waals surface area contributed by atoms with Crippen molar-refractivity contribution < 1.29 is 14.3 Å². The lowest BCUT2D eigenvalue weighted by molar-refractivity contribution is -0.119. The monoisotopic (exact) mass is 275 g/mol. The molecule has 1 saturated carbocycles. The molecule has 2 rings (SSSR count). The lowest BCUT2D eigenvalue weighted by Gasteiger charge is -2.35. The number of aliphatic hydroxyl groups excluding tert-OH is 1. The van der Waals surface area contributed by atoms with Crippen molar-refractivity contribution in [2.45, 2.75) is 44.2 Å². The maximum Gasteiger partial charge on any atom is 0.296 e. The van der Waals surface area contributed by atoms with E-state index in [1.807, 2.05) is 0 Å². The molecule has 0 spiro atoms. The smallest absolute Gasteiger partial charge is 0.296 e. The number of carbonyl (C=O) groups is 1. The molecule has 4 heteroatoms. The second-order valence-electron chi connectivity index (χ2n) is 5.15. The Bertz CT molecular complexity index is 536. The van der Waals surface area contributed by atoms with Crippen molar-refractivity contribution in [2.75, 3.05) is 0 Å². The van der Waals surface area contributed by atoms with Gasteiger partial charge in [-0.2, -0.15) is 0 Å². The number of halogens is 1. The van der Waals surface area contributed by atoms with Crippen LogP contribution in [0.3, 0.4) is 0 Å². The number of rotatable bonds is 3. The highest BCUT2D eigenvalue weighted by Gasteiger charge is 2.42. The predicted octanol–water partition coefficient (Wildman–Crippen LogP) is 2.31. The molecule has 0 aliphatic heterocycles. The number of hydrogen-bond acceptors (Lipinski definition) is 2. The van der Waals surface area contributed by atoms with E-state index in [0.29, 0.717) is 18.4 Å². The van der Waals surface area contributed by atoms with Gasteiger partial charge in [-0.15, -0.1) is 0 Å². The average molecular weight is 275 g/mol. The van der Waals surface area contributed by atoms with Crippen LogP contribution in [-0.2, 0) is 4.79 Å². The van der Waals surface area contributed by atoms with Crippen molar-refractivity contribution in [2.24, 2.45) is 0 Å². The standard InChI is InChI=1S/C16H18FNO2/c1-2-5-14(19)18-16(10-3-4-11-16)15(20)12-6-8-13(17)9-7-12/h6-9,15,20H,3-4,10-11H2,1H3,(H,18,19). The van der Waals surface area contributed by atoms with Crippen molar-refractivity contribution in [3.8, 4) is 11.8 Å². The number of aliphatic hydroxyl groups is 1. The summed E-state index contributed by atoms with van der Waals surface area (Å²) < 4.78 is 13.0. The summed E-state index contributed by atoms with van der Waals surface area (Å²) in [6.07, 6.45) is 2.43. The first kappa shape index (κ1) is 14.5. The maximum absolute atomic E-state index is 13.0. The van der Waals surface area contributed by atoms with Gasteiger partial charge in [0.25, 0.3) is 5.91 Å². The Morgan fingerprint density at radius 1 is 1.35 bits per heavy atom. The summed E-state index contributed by atoms with van der Waals surface area (Å²) in [4.78, 5) is 11.7. The number of carbonyl (C=O) groups excluding carboxylic acids is 1. The minimum absolute atomic E-state index is 0.345. The fourth-order valence-corrected chi connectivity index (χ4v) is 2.81. The normalized spacial score (nSPS) is 17.9. The molecule has 0 bridgehead atoms. The number of benzene rings is 1. The van der Waals surface area contributed by atoms with Gasteiger partial charge in [-0.25, -0.2) is 4.39 Å². The summed E-state index contributed by atoms with van der Waals surface area (Å²) in [7, 11) is 0. The fourth-order valence-electron chi connectivity index (χ4n) is 2.81. The summed E-state index contributed by atoms with van der Waals surface area (Å²) >= 11 is 0. The van der Waals surface area contributed by atoms with E-state index in [-0.39, 0.29) is 11.7 Å². The summed E-state index contributed by atoms with van der Waals surface area (Å²) in [5.74, 6) is 4.27. The summed E-state index contributed by atoms with van der Waals surface area (Å²) in [6, 6.07) is 5.74. The third kappa shape index (κ3) is 3.00. The molecule has 0 radical (unpaired) electrons. The lowest BCUT2D eigenvalue weighted by atomic mass is 9.85. The first-order valence-electron chi connectivity index (χ1n) is 6.76. The molecule has 1 amide bonds. The van der Waals surface area contributed by atoms with Gasteiger partial charge in [-0.05, 0) is 43.4 Å². The highest BCUT2D eigenvalue weighted by Crippen LogP contribution is 2.39. The van der Waals surface area contributed by atoms with Gasteiger partial charge in [0, 0.05) is 0 Å². The molecule has 1 aromatic rings. The van der Waals surface area contributed by atoms with E-state index in [9.17, 15) is 14.3 Å². The minimum Gasteiger partial charge on any atom is -0.386 e. The summed E-state index contributed by atoms with van der Waals surface area (Å²) in [5, 5.41) is 13.4. The molecular formula is C16H18FNO2. The Kier molecular flexibility index (Phi) is 4.41. The minimum atomic E-state index is -0.854. The van der Waals surface area contributed by atoms with Crippen LogP contribution in [0, 0.1) is 17.7 Å². The van der Waals surface area contributed by atoms with Gasteiger partial charge in [-0.3, -0.25) is 4.79 Å². The van der Waals surface area contributed by atoms with Gasteiger partial charge in [0.15, 0.2) is 0 Å². The van der Waals surface area contributed by atoms with E-state index in [1.54, 1.807) is 19.1 Å². The zero-order valence-electron chi connectivity index (χ0n) is 11.4. The van der Waals surface area contributed by atoms with Crippen LogP contribution in [0.1, 0.15) is 44.3 Å². The van der Waals surface area contributed by atoms with Gasteiger partial charge in [0.05, 0.1) is 5.54 Å². The van der Waals surface area contributed by atoms with Crippen LogP contribution in [-0.4, -0.2) is 16.6 Å². The molecular weight excluding hydrogens is 257 g/mol. The third-order valence-corrected chi connectivity index (χ3v) is 3.81. The predicted molar refractivity (Wildman–Crippen MR) is 74.2 cm³/mol. The van der Waals surface area contributed by atoms with Crippen LogP contribution in [0.15, 0.2) is 24.3 Å². The van der Waals surface area contributed by atoms with Crippen molar-refractivity contribution >= 4 is 5.91 Å². The molecule has 2 N–H and O–H groups in total. The van der Waals surface area contributed by atoms with E-state index < -0.39 is 11.6 Å². The Morgan fingerprint density at radius 3 is 2.50 bits per heavy atom. The Hall–Kier alpha value is -1.86. The van der Waals surface area contributed by atoms with Crippen molar-refractivity contribution in [1.29, 1.82) is 0 Å². The van der Waals surface area contributed by atoms with Crippen LogP contribution in [0.2, 0.25) is 0 Å². The summed E-state index contributed by atoms with van der Waals surface area (Å²) in [6.45, 7) is 1.59. The van der Waals surface area contributed by atoms with Gasteiger partial charge < -0.3 is 10.4 Å². The first-order chi connectivity index (χ1) is 9.57. The van der Waals surface area contributed by atoms with E-state index in [1.165, 1.54) is 12.1 Å². The van der Waals surface area contributed by atoms with Crippen molar-refractivity contribution in [3.05, 3.63) is 35.6 Å². The fraction of sp³-hybridized carbons (Fsp3) is 0.438. The molecule has 0 heterocycles. The van der Waals surface area contributed by atoms with Gasteiger partial charge in [0.2, 0.25) is 0 Å². The molecule has 1 aliphatic rings. The molecule has 3 nitrogen and oxygen atoms in total. The molecule has 0 saturated heterocycles. The van der Waals surface area contributed by atoms with Crippen LogP contribution in [0.25, 0.3) is 0 Å². The topological polar surface area (TPSA) is 49.3 Å². The van der Waals surface area contributed by atoms with Crippen LogP contribution in [0.4, 0.5) is 4.39 Å². The van der Waals surface area contributed by atoms with Crippen molar-refractivity contribution in [1.82, 2.24) is 5.32 Å². The number of nitrogens with one attached hydrogen (secondary N) is 1. The van der Waals surface area contributed by atoms with E-state index in [0.717, 1.165) is 12.8 Å². The molecule has 20 heavy (non-hydrogen) atoms. The third-order valence-electron chi connectivity index (χ3n) is 3.81. The number of amides is 1. The lowest BCUT2D eigenvalue weighted by Crippen LogP contribution is -2.50. The molecule has 106 valence electrons. The average Bonchev–Trinajstić information content (AvgIpc) is 2.88. The second kappa shape index (κ2) is 6.06. The largest absolute Gasteiger partial charge is 0.386 e. The zero-order valence-corrected chi connectivity index (χ0v) is 11.4. The maximum atomic E-state index is 13.0. The van der Waals surface area contributed by atoms with Gasteiger partial charge in [0.1, 0.15) is 11.9 Å². The SMILES string of the molecule is CC#CC(=O)NC1(C(O)c2ccc(F)cc2)CCCC1. The molecule has 1 aromatic carbocycles. The molecule has 1 atom stereocenters. The highest BCUT2D eigenvalue weighted by molar-refractivity contribution is 5.94. The van der Waals surface area contributed by atoms with E-state index in [4.69, 9.17) is 0 Å². The number of hydrogen-bond donors (Lipinski definition) is 2. The van der Waals surface area contributed by atoms with E-state index >= 15 is 0 Å². The summed E-state index contributed by atoms with van der Waals surface area (Å²) in [5.41, 5.74) is -0.0864. The molecule has 0 aromatic heterocycles. The first-order valence-corrected chi connectivity index (χ1v) is 6.76. The van der Waals surface area contributed by atoms with Gasteiger partial charge >= 0.3 is 0 Å². The van der Waals surface area contributed by atoms with Crippen LogP contribution >= 0.6 is 0 Å².